The quantitative estimate of drug-likeness (QED) is 0.643. The molecule has 0 bridgehead atoms. The first-order chi connectivity index (χ1) is 6.07. The molecule has 72 valence electrons. The minimum Gasteiger partial charge on any atom is -0.480 e. The van der Waals surface area contributed by atoms with Crippen LogP contribution in [-0.2, 0) is 9.59 Å². The summed E-state index contributed by atoms with van der Waals surface area (Å²) in [5, 5.41) is 8.96. The van der Waals surface area contributed by atoms with Crippen LogP contribution in [-0.4, -0.2) is 34.5 Å². The third-order valence-corrected chi connectivity index (χ3v) is 3.36. The van der Waals surface area contributed by atoms with Gasteiger partial charge in [0.25, 0.3) is 0 Å². The van der Waals surface area contributed by atoms with Crippen LogP contribution in [0.4, 0.5) is 0 Å². The third-order valence-electron chi connectivity index (χ3n) is 3.36. The Morgan fingerprint density at radius 3 is 2.38 bits per heavy atom. The second-order valence-corrected chi connectivity index (χ2v) is 4.10. The van der Waals surface area contributed by atoms with E-state index in [2.05, 4.69) is 0 Å². The highest BCUT2D eigenvalue weighted by Crippen LogP contribution is 2.53. The molecule has 4 nitrogen and oxygen atoms in total. The summed E-state index contributed by atoms with van der Waals surface area (Å²) in [5.74, 6) is -0.967. The van der Waals surface area contributed by atoms with Crippen molar-refractivity contribution in [2.45, 2.75) is 32.2 Å². The molecule has 1 atom stereocenters. The number of rotatable bonds is 1. The van der Waals surface area contributed by atoms with Gasteiger partial charge in [0.2, 0.25) is 5.91 Å². The van der Waals surface area contributed by atoms with Crippen LogP contribution in [0.25, 0.3) is 0 Å². The van der Waals surface area contributed by atoms with E-state index in [-0.39, 0.29) is 11.3 Å². The molecule has 1 aliphatic heterocycles. The number of carbonyl (C=O) groups excluding carboxylic acids is 1. The average Bonchev–Trinajstić information content (AvgIpc) is 1.77. The first kappa shape index (κ1) is 8.53. The van der Waals surface area contributed by atoms with Gasteiger partial charge in [-0.05, 0) is 12.8 Å². The largest absolute Gasteiger partial charge is 0.480 e. The lowest BCUT2D eigenvalue weighted by Crippen LogP contribution is -2.71. The maximum atomic E-state index is 11.0. The van der Waals surface area contributed by atoms with Gasteiger partial charge in [0.05, 0.1) is 0 Å². The molecule has 1 N–H and O–H groups in total. The summed E-state index contributed by atoms with van der Waals surface area (Å²) in [6.07, 6.45) is 3.04. The molecule has 2 aliphatic rings. The molecule has 0 aromatic heterocycles. The topological polar surface area (TPSA) is 57.6 Å². The number of carboxylic acid groups (broad SMARTS) is 1. The van der Waals surface area contributed by atoms with Crippen molar-refractivity contribution in [2.75, 3.05) is 6.54 Å². The minimum absolute atomic E-state index is 0.0580. The molecular formula is C9H13NO3. The van der Waals surface area contributed by atoms with E-state index in [0.29, 0.717) is 6.54 Å². The van der Waals surface area contributed by atoms with Gasteiger partial charge in [0.1, 0.15) is 6.04 Å². The van der Waals surface area contributed by atoms with Crippen LogP contribution >= 0.6 is 0 Å². The van der Waals surface area contributed by atoms with E-state index in [1.54, 1.807) is 0 Å². The predicted octanol–water partition coefficient (Wildman–Crippen LogP) is 0.472. The maximum Gasteiger partial charge on any atom is 0.327 e. The summed E-state index contributed by atoms with van der Waals surface area (Å²) in [4.78, 5) is 23.4. The summed E-state index contributed by atoms with van der Waals surface area (Å²) < 4.78 is 0. The summed E-state index contributed by atoms with van der Waals surface area (Å²) in [5.41, 5.74) is -0.0580. The van der Waals surface area contributed by atoms with Gasteiger partial charge in [-0.3, -0.25) is 4.79 Å². The lowest BCUT2D eigenvalue weighted by Gasteiger charge is -2.60. The van der Waals surface area contributed by atoms with Crippen molar-refractivity contribution in [2.24, 2.45) is 5.41 Å². The maximum absolute atomic E-state index is 11.0. The van der Waals surface area contributed by atoms with E-state index in [4.69, 9.17) is 5.11 Å². The van der Waals surface area contributed by atoms with E-state index >= 15 is 0 Å². The van der Waals surface area contributed by atoms with Crippen molar-refractivity contribution in [1.82, 2.24) is 4.90 Å². The second-order valence-electron chi connectivity index (χ2n) is 4.10. The zero-order valence-corrected chi connectivity index (χ0v) is 7.62. The van der Waals surface area contributed by atoms with Crippen molar-refractivity contribution in [3.05, 3.63) is 0 Å². The summed E-state index contributed by atoms with van der Waals surface area (Å²) in [6.45, 7) is 2.08. The van der Waals surface area contributed by atoms with Crippen molar-refractivity contribution < 1.29 is 14.7 Å². The van der Waals surface area contributed by atoms with Gasteiger partial charge in [-0.15, -0.1) is 0 Å². The molecule has 1 aliphatic carbocycles. The second kappa shape index (κ2) is 2.47. The highest BCUT2D eigenvalue weighted by Gasteiger charge is 2.60. The van der Waals surface area contributed by atoms with Crippen LogP contribution in [0.3, 0.4) is 0 Å². The van der Waals surface area contributed by atoms with Gasteiger partial charge in [-0.2, -0.15) is 0 Å². The van der Waals surface area contributed by atoms with E-state index < -0.39 is 12.0 Å². The van der Waals surface area contributed by atoms with E-state index in [0.717, 1.165) is 19.3 Å². The predicted molar refractivity (Wildman–Crippen MR) is 45.1 cm³/mol. The van der Waals surface area contributed by atoms with Crippen molar-refractivity contribution >= 4 is 11.9 Å². The number of amides is 1. The van der Waals surface area contributed by atoms with Crippen molar-refractivity contribution in [1.29, 1.82) is 0 Å². The zero-order chi connectivity index (χ0) is 9.64. The molecule has 1 spiro atoms. The number of likely N-dealkylation sites (tertiary alicyclic amines) is 1. The molecule has 2 fully saturated rings. The fraction of sp³-hybridized carbons (Fsp3) is 0.778. The smallest absolute Gasteiger partial charge is 0.327 e. The third kappa shape index (κ3) is 0.975. The van der Waals surface area contributed by atoms with Crippen LogP contribution < -0.4 is 0 Å². The Morgan fingerprint density at radius 1 is 1.46 bits per heavy atom. The summed E-state index contributed by atoms with van der Waals surface area (Å²) in [7, 11) is 0. The average molecular weight is 183 g/mol. The molecule has 1 saturated heterocycles. The highest BCUT2D eigenvalue weighted by molar-refractivity contribution is 5.85. The monoisotopic (exact) mass is 183 g/mol. The fourth-order valence-corrected chi connectivity index (χ4v) is 2.49. The molecule has 4 heteroatoms. The van der Waals surface area contributed by atoms with Crippen molar-refractivity contribution in [3.63, 3.8) is 0 Å². The van der Waals surface area contributed by atoms with Crippen LogP contribution in [0.15, 0.2) is 0 Å². The molecule has 13 heavy (non-hydrogen) atoms. The van der Waals surface area contributed by atoms with Gasteiger partial charge in [0, 0.05) is 18.9 Å². The standard InChI is InChI=1S/C9H13NO3/c1-6(11)10-5-9(3-2-4-9)7(10)8(12)13/h7H,2-5H2,1H3,(H,12,13). The van der Waals surface area contributed by atoms with E-state index in [9.17, 15) is 9.59 Å². The molecule has 1 saturated carbocycles. The molecular weight excluding hydrogens is 170 g/mol. The first-order valence-electron chi connectivity index (χ1n) is 4.57. The summed E-state index contributed by atoms with van der Waals surface area (Å²) >= 11 is 0. The fourth-order valence-electron chi connectivity index (χ4n) is 2.49. The highest BCUT2D eigenvalue weighted by atomic mass is 16.4. The number of carboxylic acids is 1. The van der Waals surface area contributed by atoms with Gasteiger partial charge in [-0.1, -0.05) is 6.42 Å². The molecule has 0 aromatic rings. The molecule has 2 rings (SSSR count). The lowest BCUT2D eigenvalue weighted by atomic mass is 9.58. The van der Waals surface area contributed by atoms with E-state index in [1.165, 1.54) is 11.8 Å². The molecule has 1 amide bonds. The van der Waals surface area contributed by atoms with Gasteiger partial charge < -0.3 is 10.0 Å². The van der Waals surface area contributed by atoms with Crippen LogP contribution in [0.1, 0.15) is 26.2 Å². The summed E-state index contributed by atoms with van der Waals surface area (Å²) in [6, 6.07) is -0.543. The molecule has 0 radical (unpaired) electrons. The number of carbonyl (C=O) groups is 2. The number of aliphatic carboxylic acids is 1. The van der Waals surface area contributed by atoms with Crippen molar-refractivity contribution in [3.8, 4) is 0 Å². The van der Waals surface area contributed by atoms with Gasteiger partial charge in [-0.25, -0.2) is 4.79 Å². The Kier molecular flexibility index (Phi) is 1.62. The number of hydrogen-bond donors (Lipinski definition) is 1. The SMILES string of the molecule is CC(=O)N1CC2(CCC2)C1C(=O)O. The van der Waals surface area contributed by atoms with Gasteiger partial charge in [0.15, 0.2) is 0 Å². The normalized spacial score (nSPS) is 29.3. The molecule has 0 aromatic carbocycles. The van der Waals surface area contributed by atoms with Gasteiger partial charge >= 0.3 is 5.97 Å². The van der Waals surface area contributed by atoms with Crippen LogP contribution in [0, 0.1) is 5.41 Å². The zero-order valence-electron chi connectivity index (χ0n) is 7.62. The first-order valence-corrected chi connectivity index (χ1v) is 4.57. The van der Waals surface area contributed by atoms with E-state index in [1.807, 2.05) is 0 Å². The molecule has 1 heterocycles. The Labute approximate surface area is 76.5 Å². The number of hydrogen-bond acceptors (Lipinski definition) is 2. The Balaban J connectivity index is 2.14. The Bertz CT molecular complexity index is 270. The lowest BCUT2D eigenvalue weighted by molar-refractivity contribution is -0.185. The van der Waals surface area contributed by atoms with Crippen LogP contribution in [0.5, 0.6) is 0 Å². The number of nitrogens with zero attached hydrogens (tertiary/aromatic N) is 1. The Morgan fingerprint density at radius 2 is 2.08 bits per heavy atom. The minimum atomic E-state index is -0.846. The van der Waals surface area contributed by atoms with Crippen LogP contribution in [0.2, 0.25) is 0 Å². The molecule has 1 unspecified atom stereocenters. The Hall–Kier alpha value is -1.06.